The molecule has 3 N–H and O–H groups in total. The summed E-state index contributed by atoms with van der Waals surface area (Å²) in [4.78, 5) is 24.7. The summed E-state index contributed by atoms with van der Waals surface area (Å²) in [5, 5.41) is 8.48. The molecule has 1 fully saturated rings. The standard InChI is InChI=1S/C13H18N4O2/c1-14-7-6-12(18)16-10-2-4-11(5-3-10)17-9-8-15-13(17)19/h2-5,14H,6-9H2,1H3,(H,15,19)(H,16,18). The van der Waals surface area contributed by atoms with E-state index in [1.54, 1.807) is 17.0 Å². The molecular weight excluding hydrogens is 244 g/mol. The molecule has 1 aliphatic heterocycles. The number of hydrogen-bond acceptors (Lipinski definition) is 3. The van der Waals surface area contributed by atoms with E-state index in [1.807, 2.05) is 19.2 Å². The lowest BCUT2D eigenvalue weighted by Gasteiger charge is -2.14. The molecule has 1 aromatic rings. The highest BCUT2D eigenvalue weighted by molar-refractivity contribution is 5.95. The van der Waals surface area contributed by atoms with Crippen molar-refractivity contribution in [2.75, 3.05) is 36.9 Å². The number of carbonyl (C=O) groups is 2. The molecule has 1 saturated heterocycles. The largest absolute Gasteiger partial charge is 0.336 e. The van der Waals surface area contributed by atoms with Crippen LogP contribution in [-0.4, -0.2) is 38.6 Å². The van der Waals surface area contributed by atoms with Crippen LogP contribution in [0.25, 0.3) is 0 Å². The molecule has 1 heterocycles. The van der Waals surface area contributed by atoms with Crippen molar-refractivity contribution in [3.05, 3.63) is 24.3 Å². The van der Waals surface area contributed by atoms with Gasteiger partial charge in [-0.1, -0.05) is 0 Å². The number of amides is 3. The summed E-state index contributed by atoms with van der Waals surface area (Å²) in [5.74, 6) is -0.0268. The van der Waals surface area contributed by atoms with E-state index < -0.39 is 0 Å². The minimum atomic E-state index is -0.0780. The Morgan fingerprint density at radius 2 is 2.11 bits per heavy atom. The van der Waals surface area contributed by atoms with Crippen molar-refractivity contribution in [1.82, 2.24) is 10.6 Å². The quantitative estimate of drug-likeness (QED) is 0.733. The molecule has 0 bridgehead atoms. The van der Waals surface area contributed by atoms with Gasteiger partial charge in [0.1, 0.15) is 0 Å². The Morgan fingerprint density at radius 3 is 2.68 bits per heavy atom. The van der Waals surface area contributed by atoms with Crippen molar-refractivity contribution >= 4 is 23.3 Å². The molecule has 19 heavy (non-hydrogen) atoms. The first kappa shape index (κ1) is 13.4. The van der Waals surface area contributed by atoms with Crippen molar-refractivity contribution < 1.29 is 9.59 Å². The van der Waals surface area contributed by atoms with E-state index in [0.717, 1.165) is 11.4 Å². The maximum absolute atomic E-state index is 11.5. The Hall–Kier alpha value is -2.08. The molecule has 0 saturated carbocycles. The van der Waals surface area contributed by atoms with Gasteiger partial charge in [0.15, 0.2) is 0 Å². The van der Waals surface area contributed by atoms with Crippen LogP contribution in [0.2, 0.25) is 0 Å². The fourth-order valence-corrected chi connectivity index (χ4v) is 1.90. The predicted molar refractivity (Wildman–Crippen MR) is 74.4 cm³/mol. The Bertz CT molecular complexity index is 458. The first-order valence-corrected chi connectivity index (χ1v) is 6.30. The van der Waals surface area contributed by atoms with Gasteiger partial charge in [0.05, 0.1) is 0 Å². The maximum Gasteiger partial charge on any atom is 0.321 e. The van der Waals surface area contributed by atoms with Crippen molar-refractivity contribution in [2.24, 2.45) is 0 Å². The van der Waals surface area contributed by atoms with Gasteiger partial charge in [-0.2, -0.15) is 0 Å². The zero-order valence-electron chi connectivity index (χ0n) is 10.9. The highest BCUT2D eigenvalue weighted by atomic mass is 16.2. The average Bonchev–Trinajstić information content (AvgIpc) is 2.83. The highest BCUT2D eigenvalue weighted by Crippen LogP contribution is 2.19. The molecular formula is C13H18N4O2. The Kier molecular flexibility index (Phi) is 4.35. The molecule has 2 rings (SSSR count). The monoisotopic (exact) mass is 262 g/mol. The third-order valence-electron chi connectivity index (χ3n) is 2.92. The summed E-state index contributed by atoms with van der Waals surface area (Å²) < 4.78 is 0. The maximum atomic E-state index is 11.5. The molecule has 3 amide bonds. The number of rotatable bonds is 5. The van der Waals surface area contributed by atoms with E-state index in [4.69, 9.17) is 0 Å². The second-order valence-corrected chi connectivity index (χ2v) is 4.33. The van der Waals surface area contributed by atoms with Crippen LogP contribution in [0, 0.1) is 0 Å². The van der Waals surface area contributed by atoms with Gasteiger partial charge in [0.2, 0.25) is 5.91 Å². The van der Waals surface area contributed by atoms with Crippen molar-refractivity contribution in [2.45, 2.75) is 6.42 Å². The van der Waals surface area contributed by atoms with Gasteiger partial charge in [0.25, 0.3) is 0 Å². The summed E-state index contributed by atoms with van der Waals surface area (Å²) in [6.07, 6.45) is 0.437. The van der Waals surface area contributed by atoms with Crippen LogP contribution in [-0.2, 0) is 4.79 Å². The fraction of sp³-hybridized carbons (Fsp3) is 0.385. The second kappa shape index (κ2) is 6.19. The van der Waals surface area contributed by atoms with Gasteiger partial charge < -0.3 is 16.0 Å². The third kappa shape index (κ3) is 3.45. The van der Waals surface area contributed by atoms with Crippen molar-refractivity contribution in [3.63, 3.8) is 0 Å². The highest BCUT2D eigenvalue weighted by Gasteiger charge is 2.20. The van der Waals surface area contributed by atoms with Crippen LogP contribution in [0.5, 0.6) is 0 Å². The lowest BCUT2D eigenvalue weighted by Crippen LogP contribution is -2.27. The topological polar surface area (TPSA) is 73.5 Å². The van der Waals surface area contributed by atoms with Gasteiger partial charge in [-0.25, -0.2) is 4.79 Å². The van der Waals surface area contributed by atoms with Gasteiger partial charge in [-0.15, -0.1) is 0 Å². The number of nitrogens with one attached hydrogen (secondary N) is 3. The molecule has 6 nitrogen and oxygen atoms in total. The van der Waals surface area contributed by atoms with E-state index in [1.165, 1.54) is 0 Å². The van der Waals surface area contributed by atoms with Crippen LogP contribution >= 0.6 is 0 Å². The summed E-state index contributed by atoms with van der Waals surface area (Å²) >= 11 is 0. The number of nitrogens with zero attached hydrogens (tertiary/aromatic N) is 1. The molecule has 0 spiro atoms. The first-order valence-electron chi connectivity index (χ1n) is 6.30. The van der Waals surface area contributed by atoms with E-state index >= 15 is 0 Å². The zero-order valence-corrected chi connectivity index (χ0v) is 10.9. The minimum Gasteiger partial charge on any atom is -0.336 e. The molecule has 6 heteroatoms. The van der Waals surface area contributed by atoms with Crippen molar-refractivity contribution in [1.29, 1.82) is 0 Å². The van der Waals surface area contributed by atoms with Gasteiger partial charge >= 0.3 is 6.03 Å². The molecule has 1 aliphatic rings. The average molecular weight is 262 g/mol. The van der Waals surface area contributed by atoms with Gasteiger partial charge in [-0.3, -0.25) is 9.69 Å². The molecule has 1 aromatic carbocycles. The van der Waals surface area contributed by atoms with Crippen LogP contribution in [0.1, 0.15) is 6.42 Å². The fourth-order valence-electron chi connectivity index (χ4n) is 1.90. The summed E-state index contributed by atoms with van der Waals surface area (Å²) in [5.41, 5.74) is 1.58. The smallest absolute Gasteiger partial charge is 0.321 e. The minimum absolute atomic E-state index is 0.0268. The molecule has 0 unspecified atom stereocenters. The number of benzene rings is 1. The van der Waals surface area contributed by atoms with Crippen LogP contribution < -0.4 is 20.9 Å². The number of hydrogen-bond donors (Lipinski definition) is 3. The van der Waals surface area contributed by atoms with Gasteiger partial charge in [-0.05, 0) is 31.3 Å². The second-order valence-electron chi connectivity index (χ2n) is 4.33. The van der Waals surface area contributed by atoms with Gasteiger partial charge in [0, 0.05) is 37.4 Å². The summed E-state index contributed by atoms with van der Waals surface area (Å²) in [6.45, 7) is 1.99. The lowest BCUT2D eigenvalue weighted by atomic mass is 10.2. The number of carbonyl (C=O) groups excluding carboxylic acids is 2. The predicted octanol–water partition coefficient (Wildman–Crippen LogP) is 0.764. The van der Waals surface area contributed by atoms with Crippen LogP contribution in [0.3, 0.4) is 0 Å². The van der Waals surface area contributed by atoms with E-state index in [9.17, 15) is 9.59 Å². The van der Waals surface area contributed by atoms with Crippen LogP contribution in [0.15, 0.2) is 24.3 Å². The summed E-state index contributed by atoms with van der Waals surface area (Å²) in [6, 6.07) is 7.19. The van der Waals surface area contributed by atoms with E-state index in [0.29, 0.717) is 26.1 Å². The Morgan fingerprint density at radius 1 is 1.37 bits per heavy atom. The first-order chi connectivity index (χ1) is 9.20. The number of anilines is 2. The molecule has 102 valence electrons. The molecule has 0 aliphatic carbocycles. The van der Waals surface area contributed by atoms with Crippen molar-refractivity contribution in [3.8, 4) is 0 Å². The van der Waals surface area contributed by atoms with E-state index in [-0.39, 0.29) is 11.9 Å². The Labute approximate surface area is 112 Å². The summed E-state index contributed by atoms with van der Waals surface area (Å²) in [7, 11) is 1.81. The number of urea groups is 1. The molecule has 0 atom stereocenters. The van der Waals surface area contributed by atoms with Crippen LogP contribution in [0.4, 0.5) is 16.2 Å². The normalized spacial score (nSPS) is 14.4. The third-order valence-corrected chi connectivity index (χ3v) is 2.92. The SMILES string of the molecule is CNCCC(=O)Nc1ccc(N2CCNC2=O)cc1. The molecule has 0 aromatic heterocycles. The zero-order chi connectivity index (χ0) is 13.7. The lowest BCUT2D eigenvalue weighted by molar-refractivity contribution is -0.116. The van der Waals surface area contributed by atoms with E-state index in [2.05, 4.69) is 16.0 Å². The Balaban J connectivity index is 1.94. The molecule has 0 radical (unpaired) electrons.